The van der Waals surface area contributed by atoms with E-state index >= 15 is 0 Å². The molecule has 1 unspecified atom stereocenters. The van der Waals surface area contributed by atoms with Gasteiger partial charge in [0.05, 0.1) is 32.7 Å². The second-order valence-corrected chi connectivity index (χ2v) is 10.1. The van der Waals surface area contributed by atoms with Gasteiger partial charge in [-0.1, -0.05) is 0 Å². The number of aliphatic hydroxyl groups excluding tert-OH is 2. The van der Waals surface area contributed by atoms with Gasteiger partial charge >= 0.3 is 23.9 Å². The molecule has 2 aliphatic rings. The first-order valence-electron chi connectivity index (χ1n) is 13.4. The van der Waals surface area contributed by atoms with Crippen LogP contribution in [0.15, 0.2) is 0 Å². The van der Waals surface area contributed by atoms with Crippen molar-refractivity contribution in [2.45, 2.75) is 18.3 Å². The number of carbonyl (C=O) groups is 7. The Morgan fingerprint density at radius 1 is 0.698 bits per heavy atom. The van der Waals surface area contributed by atoms with Crippen molar-refractivity contribution in [1.29, 1.82) is 0 Å². The normalized spacial score (nSPS) is 22.6. The molecule has 0 aromatic carbocycles. The van der Waals surface area contributed by atoms with Crippen LogP contribution in [0, 0.1) is 0 Å². The van der Waals surface area contributed by atoms with Crippen LogP contribution in [-0.4, -0.2) is 197 Å². The van der Waals surface area contributed by atoms with Gasteiger partial charge in [-0.25, -0.2) is 4.79 Å². The maximum absolute atomic E-state index is 12.6. The molecule has 2 fully saturated rings. The van der Waals surface area contributed by atoms with Crippen molar-refractivity contribution in [2.75, 3.05) is 91.6 Å². The molecule has 2 aliphatic heterocycles. The van der Waals surface area contributed by atoms with E-state index in [1.54, 1.807) is 19.6 Å². The summed E-state index contributed by atoms with van der Waals surface area (Å²) in [5.74, 6) is -6.79. The number of Topliss-reactive ketones (excluding diaryl/α,β-unsaturated/α-hetero) is 1. The number of hydrogen-bond donors (Lipinski definition) is 7. The molecule has 2 heterocycles. The van der Waals surface area contributed by atoms with Crippen molar-refractivity contribution in [3.05, 3.63) is 0 Å². The standard InChI is InChI=1S/C24H38N6O13/c31-15(23-21(40)22(41)24(42)43-23)9-25-16(32)10-26-17(33)11-27-1-3-28(12-18(34)35)5-7-30(14-20(38)39)8-6-29(4-2-27)13-19(36)37/h15,22-23,31,41H,1-14H2,(H,25,32)(H,26,33)(H,34,35)(H,36,37)(H,38,39)/t15-,22?,23+/m1/s1. The molecule has 2 rings (SSSR count). The molecular formula is C24H38N6O13. The Morgan fingerprint density at radius 2 is 1.09 bits per heavy atom. The lowest BCUT2D eigenvalue weighted by molar-refractivity contribution is -0.150. The van der Waals surface area contributed by atoms with E-state index in [2.05, 4.69) is 15.4 Å². The Hall–Kier alpha value is -3.75. The van der Waals surface area contributed by atoms with Crippen LogP contribution in [0.4, 0.5) is 0 Å². The van der Waals surface area contributed by atoms with E-state index in [-0.39, 0.29) is 78.5 Å². The van der Waals surface area contributed by atoms with E-state index in [4.69, 9.17) is 0 Å². The first-order valence-corrected chi connectivity index (χ1v) is 13.4. The van der Waals surface area contributed by atoms with Crippen LogP contribution < -0.4 is 10.6 Å². The van der Waals surface area contributed by atoms with E-state index in [9.17, 15) is 59.1 Å². The molecule has 0 saturated carbocycles. The Morgan fingerprint density at radius 3 is 1.44 bits per heavy atom. The Bertz CT molecular complexity index is 1010. The molecule has 3 atom stereocenters. The van der Waals surface area contributed by atoms with E-state index in [0.29, 0.717) is 0 Å². The average Bonchev–Trinajstić information content (AvgIpc) is 3.18. The molecule has 0 aliphatic carbocycles. The van der Waals surface area contributed by atoms with Crippen molar-refractivity contribution in [2.24, 2.45) is 0 Å². The molecule has 7 N–H and O–H groups in total. The zero-order chi connectivity index (χ0) is 32.1. The quantitative estimate of drug-likeness (QED) is 0.0747. The number of nitrogens with zero attached hydrogens (tertiary/aromatic N) is 4. The lowest BCUT2D eigenvalue weighted by atomic mass is 10.1. The lowest BCUT2D eigenvalue weighted by Crippen LogP contribution is -2.50. The molecule has 0 aromatic heterocycles. The number of aliphatic carboxylic acids is 3. The van der Waals surface area contributed by atoms with Gasteiger partial charge in [0.2, 0.25) is 23.7 Å². The number of ether oxygens (including phenoxy) is 1. The zero-order valence-electron chi connectivity index (χ0n) is 23.4. The molecule has 0 radical (unpaired) electrons. The van der Waals surface area contributed by atoms with Gasteiger partial charge in [-0.3, -0.25) is 48.4 Å². The van der Waals surface area contributed by atoms with E-state index in [0.717, 1.165) is 0 Å². The fourth-order valence-electron chi connectivity index (χ4n) is 4.40. The molecule has 242 valence electrons. The maximum Gasteiger partial charge on any atom is 0.343 e. The van der Waals surface area contributed by atoms with Gasteiger partial charge in [0.1, 0.15) is 6.10 Å². The third kappa shape index (κ3) is 13.0. The number of rotatable bonds is 13. The smallest absolute Gasteiger partial charge is 0.343 e. The number of carboxylic acid groups (broad SMARTS) is 3. The van der Waals surface area contributed by atoms with Crippen LogP contribution in [0.5, 0.6) is 0 Å². The average molecular weight is 619 g/mol. The van der Waals surface area contributed by atoms with Gasteiger partial charge in [0.15, 0.2) is 6.10 Å². The summed E-state index contributed by atoms with van der Waals surface area (Å²) in [6.07, 6.45) is -5.25. The summed E-state index contributed by atoms with van der Waals surface area (Å²) in [7, 11) is 0. The van der Waals surface area contributed by atoms with Crippen molar-refractivity contribution >= 4 is 41.5 Å². The molecular weight excluding hydrogens is 580 g/mol. The predicted octanol–water partition coefficient (Wildman–Crippen LogP) is -6.09. The lowest BCUT2D eigenvalue weighted by Gasteiger charge is -2.32. The summed E-state index contributed by atoms with van der Waals surface area (Å²) in [6, 6.07) is 0. The SMILES string of the molecule is O=C(O)CN1CCN(CC(=O)O)CCN(CC(=O)NCC(=O)NC[C@@H](O)[C@@H]2OC(=O)C(O)C2=O)CCN(CC(=O)O)CC1. The summed E-state index contributed by atoms with van der Waals surface area (Å²) in [5.41, 5.74) is 0. The van der Waals surface area contributed by atoms with Crippen LogP contribution >= 0.6 is 0 Å². The molecule has 19 heteroatoms. The highest BCUT2D eigenvalue weighted by atomic mass is 16.6. The van der Waals surface area contributed by atoms with Gasteiger partial charge in [0, 0.05) is 58.9 Å². The fraction of sp³-hybridized carbons (Fsp3) is 0.708. The van der Waals surface area contributed by atoms with Crippen LogP contribution in [0.25, 0.3) is 0 Å². The number of esters is 1. The number of nitrogens with one attached hydrogen (secondary N) is 2. The van der Waals surface area contributed by atoms with Gasteiger partial charge in [0.25, 0.3) is 0 Å². The number of amides is 2. The van der Waals surface area contributed by atoms with Gasteiger partial charge in [-0.15, -0.1) is 0 Å². The highest BCUT2D eigenvalue weighted by Crippen LogP contribution is 2.14. The second-order valence-electron chi connectivity index (χ2n) is 10.1. The maximum atomic E-state index is 12.6. The first-order chi connectivity index (χ1) is 20.2. The summed E-state index contributed by atoms with van der Waals surface area (Å²) in [6.45, 7) is -0.438. The Labute approximate surface area is 245 Å². The minimum atomic E-state index is -2.00. The zero-order valence-corrected chi connectivity index (χ0v) is 23.4. The van der Waals surface area contributed by atoms with E-state index < -0.39 is 72.9 Å². The number of carbonyl (C=O) groups excluding carboxylic acids is 4. The molecule has 0 bridgehead atoms. The van der Waals surface area contributed by atoms with Crippen LogP contribution in [0.2, 0.25) is 0 Å². The highest BCUT2D eigenvalue weighted by molar-refractivity contribution is 6.09. The summed E-state index contributed by atoms with van der Waals surface area (Å²) < 4.78 is 4.58. The monoisotopic (exact) mass is 618 g/mol. The second kappa shape index (κ2) is 17.4. The van der Waals surface area contributed by atoms with E-state index in [1.165, 1.54) is 0 Å². The van der Waals surface area contributed by atoms with Crippen LogP contribution in [0.3, 0.4) is 0 Å². The number of cyclic esters (lactones) is 1. The third-order valence-electron chi connectivity index (χ3n) is 6.69. The van der Waals surface area contributed by atoms with Crippen molar-refractivity contribution in [1.82, 2.24) is 30.2 Å². The molecule has 19 nitrogen and oxygen atoms in total. The Kier molecular flexibility index (Phi) is 14.3. The molecule has 43 heavy (non-hydrogen) atoms. The summed E-state index contributed by atoms with van der Waals surface area (Å²) in [4.78, 5) is 88.2. The number of ketones is 1. The first kappa shape index (κ1) is 35.4. The molecule has 0 spiro atoms. The van der Waals surface area contributed by atoms with E-state index in [1.807, 2.05) is 0 Å². The topological polar surface area (TPSA) is 267 Å². The Balaban J connectivity index is 1.95. The van der Waals surface area contributed by atoms with Crippen LogP contribution in [0.1, 0.15) is 0 Å². The number of carboxylic acids is 3. The largest absolute Gasteiger partial charge is 0.480 e. The van der Waals surface area contributed by atoms with Crippen molar-refractivity contribution in [3.63, 3.8) is 0 Å². The predicted molar refractivity (Wildman–Crippen MR) is 142 cm³/mol. The third-order valence-corrected chi connectivity index (χ3v) is 6.69. The number of aliphatic hydroxyl groups is 2. The van der Waals surface area contributed by atoms with Crippen molar-refractivity contribution < 1.29 is 63.8 Å². The van der Waals surface area contributed by atoms with Gasteiger partial charge in [-0.05, 0) is 0 Å². The van der Waals surface area contributed by atoms with Gasteiger partial charge in [-0.2, -0.15) is 0 Å². The summed E-state index contributed by atoms with van der Waals surface area (Å²) >= 11 is 0. The fourth-order valence-corrected chi connectivity index (χ4v) is 4.40. The number of hydrogen-bond acceptors (Lipinski definition) is 14. The highest BCUT2D eigenvalue weighted by Gasteiger charge is 2.45. The summed E-state index contributed by atoms with van der Waals surface area (Å²) in [5, 5.41) is 51.8. The molecule has 2 amide bonds. The molecule has 2 saturated heterocycles. The minimum absolute atomic E-state index is 0.205. The van der Waals surface area contributed by atoms with Gasteiger partial charge < -0.3 is 40.9 Å². The minimum Gasteiger partial charge on any atom is -0.480 e. The van der Waals surface area contributed by atoms with Crippen LogP contribution in [-0.2, 0) is 38.3 Å². The molecule has 0 aromatic rings. The van der Waals surface area contributed by atoms with Crippen molar-refractivity contribution in [3.8, 4) is 0 Å².